The number of nitrogens with zero attached hydrogens (tertiary/aromatic N) is 1. The van der Waals surface area contributed by atoms with Gasteiger partial charge in [-0.2, -0.15) is 0 Å². The molecule has 5 nitrogen and oxygen atoms in total. The van der Waals surface area contributed by atoms with Crippen molar-refractivity contribution in [2.24, 2.45) is 5.92 Å². The molecule has 1 aliphatic rings. The quantitative estimate of drug-likeness (QED) is 0.650. The van der Waals surface area contributed by atoms with Gasteiger partial charge in [-0.15, -0.1) is 0 Å². The Morgan fingerprint density at radius 2 is 2.20 bits per heavy atom. The maximum Gasteiger partial charge on any atom is 0.309 e. The van der Waals surface area contributed by atoms with Gasteiger partial charge in [0, 0.05) is 19.1 Å². The van der Waals surface area contributed by atoms with Crippen molar-refractivity contribution >= 4 is 11.9 Å². The molecular formula is C10H18N2O3. The van der Waals surface area contributed by atoms with E-state index in [1.807, 2.05) is 18.7 Å². The lowest BCUT2D eigenvalue weighted by Crippen LogP contribution is -2.53. The van der Waals surface area contributed by atoms with Crippen LogP contribution in [0.15, 0.2) is 0 Å². The summed E-state index contributed by atoms with van der Waals surface area (Å²) < 4.78 is 4.68. The molecule has 2 unspecified atom stereocenters. The lowest BCUT2D eigenvalue weighted by Gasteiger charge is -2.34. The van der Waals surface area contributed by atoms with E-state index < -0.39 is 0 Å². The third-order valence-corrected chi connectivity index (χ3v) is 2.94. The number of esters is 1. The van der Waals surface area contributed by atoms with Crippen molar-refractivity contribution in [3.63, 3.8) is 0 Å². The van der Waals surface area contributed by atoms with Crippen molar-refractivity contribution in [1.29, 1.82) is 0 Å². The maximum absolute atomic E-state index is 11.3. The first-order chi connectivity index (χ1) is 7.06. The third-order valence-electron chi connectivity index (χ3n) is 2.94. The number of rotatable bonds is 3. The van der Waals surface area contributed by atoms with Gasteiger partial charge in [-0.3, -0.25) is 14.5 Å². The molecule has 15 heavy (non-hydrogen) atoms. The number of hydrogen-bond acceptors (Lipinski definition) is 4. The van der Waals surface area contributed by atoms with E-state index in [2.05, 4.69) is 10.1 Å². The Morgan fingerprint density at radius 3 is 2.73 bits per heavy atom. The Kier molecular flexibility index (Phi) is 4.08. The van der Waals surface area contributed by atoms with Crippen LogP contribution in [0.4, 0.5) is 0 Å². The first kappa shape index (κ1) is 12.0. The van der Waals surface area contributed by atoms with Crippen LogP contribution in [0.2, 0.25) is 0 Å². The van der Waals surface area contributed by atoms with Crippen LogP contribution in [0.1, 0.15) is 13.8 Å². The second-order valence-electron chi connectivity index (χ2n) is 3.87. The molecule has 1 fully saturated rings. The first-order valence-electron chi connectivity index (χ1n) is 5.15. The van der Waals surface area contributed by atoms with E-state index in [0.717, 1.165) is 6.54 Å². The number of methoxy groups -OCH3 is 1. The van der Waals surface area contributed by atoms with Crippen LogP contribution in [0.25, 0.3) is 0 Å². The molecule has 5 heteroatoms. The lowest BCUT2D eigenvalue weighted by atomic mass is 10.0. The Morgan fingerprint density at radius 1 is 1.53 bits per heavy atom. The van der Waals surface area contributed by atoms with Gasteiger partial charge in [0.25, 0.3) is 0 Å². The second-order valence-corrected chi connectivity index (χ2v) is 3.87. The van der Waals surface area contributed by atoms with Gasteiger partial charge in [-0.1, -0.05) is 6.92 Å². The van der Waals surface area contributed by atoms with Gasteiger partial charge >= 0.3 is 5.97 Å². The van der Waals surface area contributed by atoms with Crippen LogP contribution in [0, 0.1) is 5.92 Å². The zero-order chi connectivity index (χ0) is 11.4. The number of carbonyl (C=O) groups is 2. The SMILES string of the molecule is COC(=O)C(C)C(C)N1CCNC(=O)C1. The Bertz CT molecular complexity index is 255. The van der Waals surface area contributed by atoms with Crippen molar-refractivity contribution < 1.29 is 14.3 Å². The van der Waals surface area contributed by atoms with E-state index in [9.17, 15) is 9.59 Å². The summed E-state index contributed by atoms with van der Waals surface area (Å²) in [5.74, 6) is -0.417. The fraction of sp³-hybridized carbons (Fsp3) is 0.800. The van der Waals surface area contributed by atoms with Crippen molar-refractivity contribution in [2.45, 2.75) is 19.9 Å². The molecule has 0 aromatic heterocycles. The highest BCUT2D eigenvalue weighted by molar-refractivity contribution is 5.79. The second kappa shape index (κ2) is 5.11. The summed E-state index contributed by atoms with van der Waals surface area (Å²) in [6.07, 6.45) is 0. The summed E-state index contributed by atoms with van der Waals surface area (Å²) in [5.41, 5.74) is 0. The molecule has 1 N–H and O–H groups in total. The summed E-state index contributed by atoms with van der Waals surface area (Å²) in [6, 6.07) is 0.0310. The molecule has 1 rings (SSSR count). The highest BCUT2D eigenvalue weighted by atomic mass is 16.5. The van der Waals surface area contributed by atoms with Crippen LogP contribution in [0.3, 0.4) is 0 Å². The minimum Gasteiger partial charge on any atom is -0.469 e. The standard InChI is InChI=1S/C10H18N2O3/c1-7(10(14)15-3)8(2)12-5-4-11-9(13)6-12/h7-8H,4-6H2,1-3H3,(H,11,13). The van der Waals surface area contributed by atoms with Gasteiger partial charge in [0.2, 0.25) is 5.91 Å². The smallest absolute Gasteiger partial charge is 0.309 e. The Labute approximate surface area is 89.8 Å². The lowest BCUT2D eigenvalue weighted by molar-refractivity contribution is -0.147. The van der Waals surface area contributed by atoms with Gasteiger partial charge in [0.1, 0.15) is 0 Å². The van der Waals surface area contributed by atoms with E-state index in [1.54, 1.807) is 0 Å². The zero-order valence-electron chi connectivity index (χ0n) is 9.45. The molecule has 0 spiro atoms. The number of piperazine rings is 1. The Balaban J connectivity index is 2.54. The van der Waals surface area contributed by atoms with Crippen LogP contribution in [-0.2, 0) is 14.3 Å². The maximum atomic E-state index is 11.3. The fourth-order valence-electron chi connectivity index (χ4n) is 1.71. The monoisotopic (exact) mass is 214 g/mol. The van der Waals surface area contributed by atoms with Crippen LogP contribution in [-0.4, -0.2) is 49.6 Å². The molecule has 0 radical (unpaired) electrons. The summed E-state index contributed by atoms with van der Waals surface area (Å²) in [6.45, 7) is 5.57. The van der Waals surface area contributed by atoms with Crippen LogP contribution >= 0.6 is 0 Å². The highest BCUT2D eigenvalue weighted by Crippen LogP contribution is 2.13. The minimum atomic E-state index is -0.228. The van der Waals surface area contributed by atoms with Crippen molar-refractivity contribution in [2.75, 3.05) is 26.7 Å². The molecule has 1 heterocycles. The largest absolute Gasteiger partial charge is 0.469 e. The van der Waals surface area contributed by atoms with Crippen LogP contribution in [0.5, 0.6) is 0 Å². The molecular weight excluding hydrogens is 196 g/mol. The zero-order valence-corrected chi connectivity index (χ0v) is 9.45. The fourth-order valence-corrected chi connectivity index (χ4v) is 1.71. The predicted octanol–water partition coefficient (Wildman–Crippen LogP) is -0.384. The average Bonchev–Trinajstić information content (AvgIpc) is 2.26. The van der Waals surface area contributed by atoms with E-state index in [4.69, 9.17) is 0 Å². The summed E-state index contributed by atoms with van der Waals surface area (Å²) >= 11 is 0. The van der Waals surface area contributed by atoms with E-state index in [0.29, 0.717) is 13.1 Å². The number of carbonyl (C=O) groups excluding carboxylic acids is 2. The normalized spacial score (nSPS) is 21.7. The minimum absolute atomic E-state index is 0.0187. The molecule has 0 aromatic rings. The summed E-state index contributed by atoms with van der Waals surface area (Å²) in [5, 5.41) is 2.75. The number of hydrogen-bond donors (Lipinski definition) is 1. The first-order valence-corrected chi connectivity index (χ1v) is 5.15. The van der Waals surface area contributed by atoms with Gasteiger partial charge in [-0.25, -0.2) is 0 Å². The molecule has 0 aliphatic carbocycles. The molecule has 1 aliphatic heterocycles. The van der Waals surface area contributed by atoms with E-state index in [1.165, 1.54) is 7.11 Å². The van der Waals surface area contributed by atoms with E-state index >= 15 is 0 Å². The van der Waals surface area contributed by atoms with Crippen LogP contribution < -0.4 is 5.32 Å². The van der Waals surface area contributed by atoms with Gasteiger partial charge < -0.3 is 10.1 Å². The van der Waals surface area contributed by atoms with Gasteiger partial charge in [-0.05, 0) is 6.92 Å². The summed E-state index contributed by atoms with van der Waals surface area (Å²) in [7, 11) is 1.38. The van der Waals surface area contributed by atoms with Gasteiger partial charge in [0.05, 0.1) is 19.6 Å². The van der Waals surface area contributed by atoms with E-state index in [-0.39, 0.29) is 23.8 Å². The molecule has 0 saturated carbocycles. The average molecular weight is 214 g/mol. The number of amides is 1. The molecule has 86 valence electrons. The summed E-state index contributed by atoms with van der Waals surface area (Å²) in [4.78, 5) is 24.5. The highest BCUT2D eigenvalue weighted by Gasteiger charge is 2.29. The van der Waals surface area contributed by atoms with Gasteiger partial charge in [0.15, 0.2) is 0 Å². The van der Waals surface area contributed by atoms with Crippen molar-refractivity contribution in [1.82, 2.24) is 10.2 Å². The topological polar surface area (TPSA) is 58.6 Å². The van der Waals surface area contributed by atoms with Crippen molar-refractivity contribution in [3.05, 3.63) is 0 Å². The van der Waals surface area contributed by atoms with Crippen molar-refractivity contribution in [3.8, 4) is 0 Å². The molecule has 0 aromatic carbocycles. The molecule has 1 amide bonds. The molecule has 1 saturated heterocycles. The predicted molar refractivity (Wildman–Crippen MR) is 55.2 cm³/mol. The molecule has 0 bridgehead atoms. The molecule has 2 atom stereocenters. The Hall–Kier alpha value is -1.10. The third kappa shape index (κ3) is 2.92. The number of ether oxygens (including phenoxy) is 1. The number of nitrogens with one attached hydrogen (secondary N) is 1.